The molecule has 2 heteroatoms. The highest BCUT2D eigenvalue weighted by Crippen LogP contribution is 2.33. The Bertz CT molecular complexity index is 573. The van der Waals surface area contributed by atoms with Gasteiger partial charge in [-0.3, -0.25) is 0 Å². The van der Waals surface area contributed by atoms with E-state index in [-0.39, 0.29) is 5.82 Å². The summed E-state index contributed by atoms with van der Waals surface area (Å²) in [6.07, 6.45) is 3.90. The van der Waals surface area contributed by atoms with Crippen molar-refractivity contribution in [3.8, 4) is 11.5 Å². The minimum Gasteiger partial charge on any atom is -0.456 e. The summed E-state index contributed by atoms with van der Waals surface area (Å²) in [5.41, 5.74) is 1.89. The van der Waals surface area contributed by atoms with Crippen molar-refractivity contribution >= 4 is 12.2 Å². The second-order valence-corrected chi connectivity index (χ2v) is 3.66. The highest BCUT2D eigenvalue weighted by atomic mass is 19.1. The van der Waals surface area contributed by atoms with E-state index in [4.69, 9.17) is 4.74 Å². The van der Waals surface area contributed by atoms with Crippen molar-refractivity contribution in [2.45, 2.75) is 0 Å². The van der Waals surface area contributed by atoms with Crippen LogP contribution in [0.15, 0.2) is 42.5 Å². The minimum atomic E-state index is -0.286. The predicted octanol–water partition coefficient (Wildman–Crippen LogP) is 4.10. The van der Waals surface area contributed by atoms with Gasteiger partial charge in [-0.1, -0.05) is 30.4 Å². The zero-order valence-corrected chi connectivity index (χ0v) is 8.48. The van der Waals surface area contributed by atoms with Crippen LogP contribution in [-0.4, -0.2) is 0 Å². The zero-order chi connectivity index (χ0) is 11.0. The topological polar surface area (TPSA) is 9.23 Å². The van der Waals surface area contributed by atoms with Crippen LogP contribution in [0.25, 0.3) is 12.2 Å². The van der Waals surface area contributed by atoms with Crippen molar-refractivity contribution in [3.63, 3.8) is 0 Å². The molecule has 0 atom stereocenters. The Morgan fingerprint density at radius 1 is 0.812 bits per heavy atom. The molecule has 1 aliphatic rings. The van der Waals surface area contributed by atoms with Gasteiger partial charge in [0.1, 0.15) is 17.3 Å². The molecule has 0 saturated carbocycles. The van der Waals surface area contributed by atoms with Crippen LogP contribution in [0.4, 0.5) is 4.39 Å². The van der Waals surface area contributed by atoms with Gasteiger partial charge in [0, 0.05) is 17.2 Å². The Kier molecular flexibility index (Phi) is 2.00. The molecule has 78 valence electrons. The molecule has 0 spiro atoms. The molecule has 0 bridgehead atoms. The lowest BCUT2D eigenvalue weighted by Crippen LogP contribution is -1.88. The lowest BCUT2D eigenvalue weighted by Gasteiger charge is -2.08. The van der Waals surface area contributed by atoms with Crippen LogP contribution in [0, 0.1) is 5.82 Å². The predicted molar refractivity (Wildman–Crippen MR) is 61.8 cm³/mol. The lowest BCUT2D eigenvalue weighted by molar-refractivity contribution is 0.475. The highest BCUT2D eigenvalue weighted by Gasteiger charge is 2.10. The van der Waals surface area contributed by atoms with Crippen molar-refractivity contribution in [2.24, 2.45) is 0 Å². The first kappa shape index (κ1) is 9.16. The van der Waals surface area contributed by atoms with Crippen LogP contribution >= 0.6 is 0 Å². The lowest BCUT2D eigenvalue weighted by atomic mass is 10.1. The molecule has 0 N–H and O–H groups in total. The van der Waals surface area contributed by atoms with Crippen LogP contribution in [0.3, 0.4) is 0 Å². The molecular weight excluding hydrogens is 203 g/mol. The van der Waals surface area contributed by atoms with Crippen LogP contribution in [0.2, 0.25) is 0 Å². The SMILES string of the molecule is Fc1ccc2c(c1)Oc1ccccc1C=C2. The molecule has 0 aliphatic carbocycles. The van der Waals surface area contributed by atoms with Crippen molar-refractivity contribution in [1.82, 2.24) is 0 Å². The third kappa shape index (κ3) is 1.48. The quantitative estimate of drug-likeness (QED) is 0.545. The summed E-state index contributed by atoms with van der Waals surface area (Å²) < 4.78 is 18.8. The monoisotopic (exact) mass is 212 g/mol. The molecule has 2 aromatic carbocycles. The molecule has 0 saturated heterocycles. The Labute approximate surface area is 92.8 Å². The summed E-state index contributed by atoms with van der Waals surface area (Å²) in [7, 11) is 0. The summed E-state index contributed by atoms with van der Waals surface area (Å²) in [6.45, 7) is 0. The van der Waals surface area contributed by atoms with Gasteiger partial charge in [0.25, 0.3) is 0 Å². The van der Waals surface area contributed by atoms with Crippen LogP contribution < -0.4 is 4.74 Å². The second-order valence-electron chi connectivity index (χ2n) is 3.66. The van der Waals surface area contributed by atoms with Gasteiger partial charge in [-0.15, -0.1) is 0 Å². The van der Waals surface area contributed by atoms with Crippen molar-refractivity contribution in [3.05, 3.63) is 59.4 Å². The molecular formula is C14H9FO. The molecule has 1 heterocycles. The molecule has 16 heavy (non-hydrogen) atoms. The van der Waals surface area contributed by atoms with Crippen LogP contribution in [0.5, 0.6) is 11.5 Å². The number of hydrogen-bond acceptors (Lipinski definition) is 1. The fraction of sp³-hybridized carbons (Fsp3) is 0. The summed E-state index contributed by atoms with van der Waals surface area (Å²) in [4.78, 5) is 0. The third-order valence-corrected chi connectivity index (χ3v) is 2.56. The van der Waals surface area contributed by atoms with Gasteiger partial charge < -0.3 is 4.74 Å². The van der Waals surface area contributed by atoms with Gasteiger partial charge in [0.15, 0.2) is 0 Å². The Morgan fingerprint density at radius 3 is 2.44 bits per heavy atom. The van der Waals surface area contributed by atoms with Gasteiger partial charge in [-0.2, -0.15) is 0 Å². The van der Waals surface area contributed by atoms with Gasteiger partial charge >= 0.3 is 0 Å². The third-order valence-electron chi connectivity index (χ3n) is 2.56. The van der Waals surface area contributed by atoms with E-state index in [1.165, 1.54) is 12.1 Å². The Morgan fingerprint density at radius 2 is 1.56 bits per heavy atom. The molecule has 2 aromatic rings. The Balaban J connectivity index is 2.18. The van der Waals surface area contributed by atoms with Crippen LogP contribution in [-0.2, 0) is 0 Å². The highest BCUT2D eigenvalue weighted by molar-refractivity contribution is 5.77. The molecule has 1 nitrogen and oxygen atoms in total. The fourth-order valence-electron chi connectivity index (χ4n) is 1.74. The largest absolute Gasteiger partial charge is 0.456 e. The van der Waals surface area contributed by atoms with E-state index in [9.17, 15) is 4.39 Å². The number of hydrogen-bond donors (Lipinski definition) is 0. The van der Waals surface area contributed by atoms with Gasteiger partial charge in [-0.25, -0.2) is 4.39 Å². The number of rotatable bonds is 0. The maximum Gasteiger partial charge on any atom is 0.137 e. The van der Waals surface area contributed by atoms with Gasteiger partial charge in [0.2, 0.25) is 0 Å². The number of benzene rings is 2. The first-order chi connectivity index (χ1) is 7.83. The first-order valence-corrected chi connectivity index (χ1v) is 5.07. The maximum atomic E-state index is 13.1. The van der Waals surface area contributed by atoms with Crippen molar-refractivity contribution < 1.29 is 9.13 Å². The van der Waals surface area contributed by atoms with Gasteiger partial charge in [-0.05, 0) is 18.2 Å². The molecule has 0 amide bonds. The average molecular weight is 212 g/mol. The summed E-state index contributed by atoms with van der Waals surface area (Å²) in [5, 5.41) is 0. The van der Waals surface area contributed by atoms with Crippen molar-refractivity contribution in [2.75, 3.05) is 0 Å². The minimum absolute atomic E-state index is 0.286. The van der Waals surface area contributed by atoms with E-state index in [1.807, 2.05) is 36.4 Å². The summed E-state index contributed by atoms with van der Waals surface area (Å²) >= 11 is 0. The van der Waals surface area contributed by atoms with E-state index in [2.05, 4.69) is 0 Å². The normalized spacial score (nSPS) is 12.3. The molecule has 0 aromatic heterocycles. The van der Waals surface area contributed by atoms with E-state index in [0.717, 1.165) is 16.9 Å². The zero-order valence-electron chi connectivity index (χ0n) is 8.48. The molecule has 0 fully saturated rings. The van der Waals surface area contributed by atoms with E-state index < -0.39 is 0 Å². The molecule has 1 aliphatic heterocycles. The average Bonchev–Trinajstić information content (AvgIpc) is 2.47. The number of fused-ring (bicyclic) bond motifs is 2. The smallest absolute Gasteiger partial charge is 0.137 e. The standard InChI is InChI=1S/C14H9FO/c15-12-8-7-11-6-5-10-3-1-2-4-13(10)16-14(11)9-12/h1-9H. The Hall–Kier alpha value is -2.09. The molecule has 0 unspecified atom stereocenters. The first-order valence-electron chi connectivity index (χ1n) is 5.07. The number of ether oxygens (including phenoxy) is 1. The summed E-state index contributed by atoms with van der Waals surface area (Å²) in [6, 6.07) is 12.2. The van der Waals surface area contributed by atoms with Crippen molar-refractivity contribution in [1.29, 1.82) is 0 Å². The summed E-state index contributed by atoms with van der Waals surface area (Å²) in [5.74, 6) is 1.02. The maximum absolute atomic E-state index is 13.1. The van der Waals surface area contributed by atoms with E-state index in [0.29, 0.717) is 5.75 Å². The fourth-order valence-corrected chi connectivity index (χ4v) is 1.74. The number of halogens is 1. The second kappa shape index (κ2) is 3.49. The molecule has 3 rings (SSSR count). The number of para-hydroxylation sites is 1. The van der Waals surface area contributed by atoms with E-state index >= 15 is 0 Å². The van der Waals surface area contributed by atoms with E-state index in [1.54, 1.807) is 6.07 Å². The molecule has 0 radical (unpaired) electrons. The van der Waals surface area contributed by atoms with Crippen LogP contribution in [0.1, 0.15) is 11.1 Å². The van der Waals surface area contributed by atoms with Gasteiger partial charge in [0.05, 0.1) is 0 Å².